The van der Waals surface area contributed by atoms with E-state index in [-0.39, 0.29) is 0 Å². The first kappa shape index (κ1) is 13.8. The molecule has 0 saturated heterocycles. The van der Waals surface area contributed by atoms with Crippen LogP contribution in [-0.4, -0.2) is 13.4 Å². The average molecular weight is 269 g/mol. The molecule has 102 valence electrons. The van der Waals surface area contributed by atoms with Gasteiger partial charge >= 0.3 is 0 Å². The normalized spacial score (nSPS) is 10.9. The molecule has 2 rings (SSSR count). The number of benzene rings is 2. The summed E-state index contributed by atoms with van der Waals surface area (Å²) in [5.41, 5.74) is 4.95. The zero-order chi connectivity index (χ0) is 14.2. The summed E-state index contributed by atoms with van der Waals surface area (Å²) in [5, 5.41) is 0. The maximum Gasteiger partial charge on any atom is 0.150 e. The van der Waals surface area contributed by atoms with E-state index in [1.54, 1.807) is 30.5 Å². The Labute approximate surface area is 117 Å². The van der Waals surface area contributed by atoms with Crippen LogP contribution in [-0.2, 0) is 4.84 Å². The molecule has 20 heavy (non-hydrogen) atoms. The number of hydrogen-bond donors (Lipinski definition) is 1. The van der Waals surface area contributed by atoms with Crippen LogP contribution >= 0.6 is 0 Å². The minimum absolute atomic E-state index is 0.567. The molecule has 0 amide bonds. The molecule has 0 aliphatic carbocycles. The highest BCUT2D eigenvalue weighted by molar-refractivity contribution is 5.75. The first-order chi connectivity index (χ1) is 9.83. The predicted molar refractivity (Wildman–Crippen MR) is 77.0 cm³/mol. The highest BCUT2D eigenvalue weighted by Crippen LogP contribution is 2.16. The fraction of sp³-hybridized carbons (Fsp3) is 0.0625. The quantitative estimate of drug-likeness (QED) is 0.497. The maximum atomic E-state index is 10.7. The smallest absolute Gasteiger partial charge is 0.150 e. The zero-order valence-corrected chi connectivity index (χ0v) is 11.1. The Morgan fingerprint density at radius 2 is 1.90 bits per heavy atom. The molecule has 2 aromatic rings. The lowest BCUT2D eigenvalue weighted by Gasteiger charge is -2.09. The van der Waals surface area contributed by atoms with E-state index in [0.717, 1.165) is 11.8 Å². The number of aldehydes is 1. The van der Waals surface area contributed by atoms with E-state index in [1.807, 2.05) is 30.3 Å². The van der Waals surface area contributed by atoms with Gasteiger partial charge in [0.05, 0.1) is 7.11 Å². The molecule has 0 heterocycles. The molecule has 0 fully saturated rings. The zero-order valence-electron chi connectivity index (χ0n) is 11.1. The molecule has 0 aromatic heterocycles. The summed E-state index contributed by atoms with van der Waals surface area (Å²) < 4.78 is 5.55. The second-order valence-electron chi connectivity index (χ2n) is 4.01. The van der Waals surface area contributed by atoms with Crippen molar-refractivity contribution >= 4 is 12.0 Å². The van der Waals surface area contributed by atoms with Gasteiger partial charge in [-0.05, 0) is 12.1 Å². The summed E-state index contributed by atoms with van der Waals surface area (Å²) in [6.45, 7) is 0. The van der Waals surface area contributed by atoms with Crippen LogP contribution in [0.4, 0.5) is 0 Å². The Hall–Kier alpha value is -2.59. The number of ether oxygens (including phenoxy) is 1. The van der Waals surface area contributed by atoms with Gasteiger partial charge in [-0.15, -0.1) is 0 Å². The maximum absolute atomic E-state index is 10.7. The Bertz CT molecular complexity index is 594. The van der Waals surface area contributed by atoms with Gasteiger partial charge in [-0.25, -0.2) is 0 Å². The van der Waals surface area contributed by atoms with E-state index in [2.05, 4.69) is 5.48 Å². The lowest BCUT2D eigenvalue weighted by Crippen LogP contribution is -2.11. The number of carbonyl (C=O) groups is 1. The molecule has 4 heteroatoms. The van der Waals surface area contributed by atoms with Crippen LogP contribution in [0.1, 0.15) is 15.9 Å². The van der Waals surface area contributed by atoms with E-state index in [0.29, 0.717) is 17.0 Å². The molecule has 0 spiro atoms. The van der Waals surface area contributed by atoms with Crippen LogP contribution in [0.5, 0.6) is 5.75 Å². The van der Waals surface area contributed by atoms with Crippen molar-refractivity contribution in [2.75, 3.05) is 7.11 Å². The Morgan fingerprint density at radius 3 is 2.60 bits per heavy atom. The number of nitrogens with one attached hydrogen (secondary N) is 1. The number of hydrogen-bond acceptors (Lipinski definition) is 4. The van der Waals surface area contributed by atoms with E-state index in [1.165, 1.54) is 7.11 Å². The van der Waals surface area contributed by atoms with Crippen molar-refractivity contribution < 1.29 is 14.4 Å². The first-order valence-electron chi connectivity index (χ1n) is 6.10. The van der Waals surface area contributed by atoms with Gasteiger partial charge in [0.15, 0.2) is 0 Å². The number of hydroxylamine groups is 1. The van der Waals surface area contributed by atoms with Crippen molar-refractivity contribution in [2.45, 2.75) is 0 Å². The average Bonchev–Trinajstić information content (AvgIpc) is 2.52. The second-order valence-corrected chi connectivity index (χ2v) is 4.01. The highest BCUT2D eigenvalue weighted by atomic mass is 16.6. The second kappa shape index (κ2) is 7.11. The molecule has 0 saturated carbocycles. The summed E-state index contributed by atoms with van der Waals surface area (Å²) in [4.78, 5) is 15.7. The number of rotatable bonds is 6. The largest absolute Gasteiger partial charge is 0.463 e. The molecule has 0 radical (unpaired) electrons. The lowest BCUT2D eigenvalue weighted by atomic mass is 10.2. The molecule has 4 nitrogen and oxygen atoms in total. The predicted octanol–water partition coefficient (Wildman–Crippen LogP) is 3.03. The van der Waals surface area contributed by atoms with Crippen LogP contribution in [0.3, 0.4) is 0 Å². The van der Waals surface area contributed by atoms with Gasteiger partial charge < -0.3 is 4.74 Å². The molecule has 0 atom stereocenters. The molecule has 0 aliphatic heterocycles. The summed E-state index contributed by atoms with van der Waals surface area (Å²) in [7, 11) is 1.53. The van der Waals surface area contributed by atoms with E-state index < -0.39 is 0 Å². The van der Waals surface area contributed by atoms with Gasteiger partial charge in [-0.1, -0.05) is 42.5 Å². The lowest BCUT2D eigenvalue weighted by molar-refractivity contribution is 0.112. The summed E-state index contributed by atoms with van der Waals surface area (Å²) in [6, 6.07) is 16.6. The molecule has 0 aliphatic rings. The topological polar surface area (TPSA) is 47.6 Å². The SMILES string of the molecule is CONC(=COc1cccc(C=O)c1)c1ccccc1. The monoisotopic (exact) mass is 269 g/mol. The first-order valence-corrected chi connectivity index (χ1v) is 6.10. The van der Waals surface area contributed by atoms with Crippen LogP contribution in [0, 0.1) is 0 Å². The molecular formula is C16H15NO3. The summed E-state index contributed by atoms with van der Waals surface area (Å²) in [5.74, 6) is 0.584. The minimum atomic E-state index is 0.567. The summed E-state index contributed by atoms with van der Waals surface area (Å²) in [6.07, 6.45) is 2.32. The van der Waals surface area contributed by atoms with Crippen molar-refractivity contribution in [3.63, 3.8) is 0 Å². The third-order valence-corrected chi connectivity index (χ3v) is 2.60. The van der Waals surface area contributed by atoms with Crippen molar-refractivity contribution in [1.29, 1.82) is 0 Å². The molecule has 0 bridgehead atoms. The van der Waals surface area contributed by atoms with E-state index >= 15 is 0 Å². The Balaban J connectivity index is 2.19. The van der Waals surface area contributed by atoms with Crippen LogP contribution < -0.4 is 10.2 Å². The molecule has 0 unspecified atom stereocenters. The fourth-order valence-corrected chi connectivity index (χ4v) is 1.67. The van der Waals surface area contributed by atoms with Gasteiger partial charge in [0.2, 0.25) is 0 Å². The van der Waals surface area contributed by atoms with Crippen LogP contribution in [0.15, 0.2) is 60.9 Å². The van der Waals surface area contributed by atoms with Crippen LogP contribution in [0.2, 0.25) is 0 Å². The molecular weight excluding hydrogens is 254 g/mol. The van der Waals surface area contributed by atoms with Gasteiger partial charge in [0, 0.05) is 11.1 Å². The van der Waals surface area contributed by atoms with Crippen molar-refractivity contribution in [3.8, 4) is 5.75 Å². The van der Waals surface area contributed by atoms with E-state index in [4.69, 9.17) is 9.57 Å². The third-order valence-electron chi connectivity index (χ3n) is 2.60. The Kier molecular flexibility index (Phi) is 4.92. The number of carbonyl (C=O) groups excluding carboxylic acids is 1. The summed E-state index contributed by atoms with van der Waals surface area (Å²) >= 11 is 0. The van der Waals surface area contributed by atoms with Crippen molar-refractivity contribution in [2.24, 2.45) is 0 Å². The van der Waals surface area contributed by atoms with Gasteiger partial charge in [0.25, 0.3) is 0 Å². The van der Waals surface area contributed by atoms with Gasteiger partial charge in [0.1, 0.15) is 24.0 Å². The minimum Gasteiger partial charge on any atom is -0.463 e. The third kappa shape index (κ3) is 3.70. The van der Waals surface area contributed by atoms with Gasteiger partial charge in [-0.3, -0.25) is 15.1 Å². The molecule has 2 aromatic carbocycles. The van der Waals surface area contributed by atoms with Crippen LogP contribution in [0.25, 0.3) is 5.70 Å². The van der Waals surface area contributed by atoms with Crippen molar-refractivity contribution in [1.82, 2.24) is 5.48 Å². The van der Waals surface area contributed by atoms with E-state index in [9.17, 15) is 4.79 Å². The fourth-order valence-electron chi connectivity index (χ4n) is 1.67. The van der Waals surface area contributed by atoms with Gasteiger partial charge in [-0.2, -0.15) is 0 Å². The highest BCUT2D eigenvalue weighted by Gasteiger charge is 2.01. The molecule has 1 N–H and O–H groups in total. The Morgan fingerprint density at radius 1 is 1.10 bits per heavy atom. The van der Waals surface area contributed by atoms with Crippen molar-refractivity contribution in [3.05, 3.63) is 72.0 Å². The standard InChI is InChI=1S/C16H15NO3/c1-19-17-16(14-7-3-2-4-8-14)12-20-15-9-5-6-13(10-15)11-18/h2-12,17H,1H3.